The number of halogens is 1. The van der Waals surface area contributed by atoms with Gasteiger partial charge in [0.2, 0.25) is 10.0 Å². The highest BCUT2D eigenvalue weighted by Gasteiger charge is 2.17. The number of anilines is 1. The fraction of sp³-hybridized carbons (Fsp3) is 0.188. The Morgan fingerprint density at radius 3 is 2.29 bits per heavy atom. The monoisotopic (exact) mass is 412 g/mol. The molecule has 2 aromatic carbocycles. The number of carbonyl (C=O) groups is 1. The van der Waals surface area contributed by atoms with Crippen LogP contribution in [0.1, 0.15) is 10.4 Å². The molecule has 0 bridgehead atoms. The Kier molecular flexibility index (Phi) is 5.63. The Morgan fingerprint density at radius 2 is 1.75 bits per heavy atom. The number of nitrogens with one attached hydrogen (secondary N) is 1. The zero-order chi connectivity index (χ0) is 17.9. The van der Waals surface area contributed by atoms with Gasteiger partial charge in [0.1, 0.15) is 5.75 Å². The smallest absolute Gasteiger partial charge is 0.256 e. The average Bonchev–Trinajstić information content (AvgIpc) is 2.55. The number of amides is 1. The van der Waals surface area contributed by atoms with E-state index < -0.39 is 10.0 Å². The molecule has 0 aliphatic carbocycles. The van der Waals surface area contributed by atoms with Crippen molar-refractivity contribution in [2.24, 2.45) is 0 Å². The molecule has 2 rings (SSSR count). The number of ether oxygens (including phenoxy) is 1. The normalized spacial score (nSPS) is 11.4. The summed E-state index contributed by atoms with van der Waals surface area (Å²) in [7, 11) is 0.956. The van der Waals surface area contributed by atoms with Gasteiger partial charge in [-0.2, -0.15) is 0 Å². The van der Waals surface area contributed by atoms with Gasteiger partial charge in [0.25, 0.3) is 5.91 Å². The predicted molar refractivity (Wildman–Crippen MR) is 96.0 cm³/mol. The first-order valence-electron chi connectivity index (χ1n) is 6.93. The lowest BCUT2D eigenvalue weighted by atomic mass is 10.2. The van der Waals surface area contributed by atoms with Crippen LogP contribution >= 0.6 is 15.9 Å². The lowest BCUT2D eigenvalue weighted by Gasteiger charge is -2.12. The van der Waals surface area contributed by atoms with Crippen LogP contribution in [-0.2, 0) is 10.0 Å². The summed E-state index contributed by atoms with van der Waals surface area (Å²) in [6.07, 6.45) is 0. The molecule has 0 saturated carbocycles. The lowest BCUT2D eigenvalue weighted by Crippen LogP contribution is -2.22. The van der Waals surface area contributed by atoms with Gasteiger partial charge in [0.15, 0.2) is 0 Å². The van der Waals surface area contributed by atoms with E-state index >= 15 is 0 Å². The van der Waals surface area contributed by atoms with E-state index in [0.29, 0.717) is 21.5 Å². The number of hydrogen-bond acceptors (Lipinski definition) is 4. The Morgan fingerprint density at radius 1 is 1.12 bits per heavy atom. The largest absolute Gasteiger partial charge is 0.497 e. The van der Waals surface area contributed by atoms with Gasteiger partial charge in [-0.05, 0) is 58.4 Å². The van der Waals surface area contributed by atoms with Crippen molar-refractivity contribution < 1.29 is 17.9 Å². The molecule has 128 valence electrons. The predicted octanol–water partition coefficient (Wildman–Crippen LogP) is 2.96. The Balaban J connectivity index is 2.22. The Labute approximate surface area is 149 Å². The number of nitrogens with zero attached hydrogens (tertiary/aromatic N) is 1. The van der Waals surface area contributed by atoms with Crippen LogP contribution in [0.4, 0.5) is 5.69 Å². The Hall–Kier alpha value is -1.90. The molecule has 0 unspecified atom stereocenters. The first-order valence-corrected chi connectivity index (χ1v) is 9.16. The molecule has 0 aromatic heterocycles. The van der Waals surface area contributed by atoms with E-state index in [1.54, 1.807) is 30.3 Å². The number of sulfonamides is 1. The molecule has 24 heavy (non-hydrogen) atoms. The maximum atomic E-state index is 12.4. The van der Waals surface area contributed by atoms with Gasteiger partial charge < -0.3 is 10.1 Å². The third-order valence-corrected chi connectivity index (χ3v) is 5.83. The number of benzene rings is 2. The van der Waals surface area contributed by atoms with Crippen molar-refractivity contribution in [1.29, 1.82) is 0 Å². The summed E-state index contributed by atoms with van der Waals surface area (Å²) in [5.74, 6) is 0.236. The molecular formula is C16H17BrN2O4S. The number of methoxy groups -OCH3 is 1. The molecule has 0 fully saturated rings. The summed E-state index contributed by atoms with van der Waals surface area (Å²) in [6.45, 7) is 0. The minimum absolute atomic E-state index is 0.160. The highest BCUT2D eigenvalue weighted by atomic mass is 79.9. The van der Waals surface area contributed by atoms with E-state index in [1.165, 1.54) is 33.3 Å². The molecule has 8 heteroatoms. The fourth-order valence-corrected chi connectivity index (χ4v) is 3.25. The first-order chi connectivity index (χ1) is 11.3. The number of rotatable bonds is 5. The van der Waals surface area contributed by atoms with Crippen LogP contribution < -0.4 is 10.1 Å². The number of hydrogen-bond donors (Lipinski definition) is 1. The van der Waals surface area contributed by atoms with E-state index in [2.05, 4.69) is 21.2 Å². The van der Waals surface area contributed by atoms with Gasteiger partial charge in [0.05, 0.1) is 17.6 Å². The second kappa shape index (κ2) is 7.33. The summed E-state index contributed by atoms with van der Waals surface area (Å²) in [4.78, 5) is 12.5. The summed E-state index contributed by atoms with van der Waals surface area (Å²) < 4.78 is 30.9. The highest BCUT2D eigenvalue weighted by molar-refractivity contribution is 9.10. The molecule has 1 N–H and O–H groups in total. The molecule has 0 aliphatic heterocycles. The molecular weight excluding hydrogens is 396 g/mol. The molecule has 0 aliphatic rings. The van der Waals surface area contributed by atoms with Crippen LogP contribution in [0.2, 0.25) is 0 Å². The van der Waals surface area contributed by atoms with Gasteiger partial charge in [-0.3, -0.25) is 4.79 Å². The quantitative estimate of drug-likeness (QED) is 0.818. The number of carbonyl (C=O) groups excluding carboxylic acids is 1. The molecule has 0 heterocycles. The van der Waals surface area contributed by atoms with E-state index in [0.717, 1.165) is 4.31 Å². The third-order valence-electron chi connectivity index (χ3n) is 3.31. The van der Waals surface area contributed by atoms with Crippen molar-refractivity contribution >= 4 is 37.5 Å². The Bertz CT molecular complexity index is 849. The second-order valence-electron chi connectivity index (χ2n) is 5.11. The van der Waals surface area contributed by atoms with Gasteiger partial charge in [-0.25, -0.2) is 12.7 Å². The van der Waals surface area contributed by atoms with Crippen molar-refractivity contribution in [2.45, 2.75) is 4.90 Å². The first kappa shape index (κ1) is 18.4. The molecule has 0 radical (unpaired) electrons. The van der Waals surface area contributed by atoms with Crippen LogP contribution in [0.3, 0.4) is 0 Å². The fourth-order valence-electron chi connectivity index (χ4n) is 1.92. The van der Waals surface area contributed by atoms with Gasteiger partial charge in [0, 0.05) is 24.3 Å². The van der Waals surface area contributed by atoms with E-state index in [9.17, 15) is 13.2 Å². The van der Waals surface area contributed by atoms with Crippen LogP contribution in [0, 0.1) is 0 Å². The second-order valence-corrected chi connectivity index (χ2v) is 8.12. The zero-order valence-corrected chi connectivity index (χ0v) is 15.8. The van der Waals surface area contributed by atoms with Gasteiger partial charge >= 0.3 is 0 Å². The minimum atomic E-state index is -3.49. The van der Waals surface area contributed by atoms with E-state index in [-0.39, 0.29) is 10.8 Å². The van der Waals surface area contributed by atoms with Crippen LogP contribution in [0.5, 0.6) is 5.75 Å². The molecule has 0 spiro atoms. The van der Waals surface area contributed by atoms with Crippen LogP contribution in [0.25, 0.3) is 0 Å². The van der Waals surface area contributed by atoms with Crippen molar-refractivity contribution in [3.63, 3.8) is 0 Å². The summed E-state index contributed by atoms with van der Waals surface area (Å²) in [6, 6.07) is 11.1. The lowest BCUT2D eigenvalue weighted by molar-refractivity contribution is 0.102. The van der Waals surface area contributed by atoms with Gasteiger partial charge in [-0.1, -0.05) is 0 Å². The molecule has 2 aromatic rings. The van der Waals surface area contributed by atoms with Crippen LogP contribution in [0.15, 0.2) is 51.8 Å². The molecule has 0 atom stereocenters. The van der Waals surface area contributed by atoms with Crippen molar-refractivity contribution in [3.8, 4) is 5.75 Å². The average molecular weight is 413 g/mol. The van der Waals surface area contributed by atoms with Crippen LogP contribution in [-0.4, -0.2) is 39.8 Å². The summed E-state index contributed by atoms with van der Waals surface area (Å²) in [5.41, 5.74) is 0.909. The zero-order valence-electron chi connectivity index (χ0n) is 13.4. The SMILES string of the molecule is COc1ccc(Br)c(C(=O)Nc2ccc(S(=O)(=O)N(C)C)cc2)c1. The molecule has 1 amide bonds. The van der Waals surface area contributed by atoms with Crippen molar-refractivity contribution in [1.82, 2.24) is 4.31 Å². The molecule has 6 nitrogen and oxygen atoms in total. The van der Waals surface area contributed by atoms with E-state index in [4.69, 9.17) is 4.74 Å². The minimum Gasteiger partial charge on any atom is -0.497 e. The van der Waals surface area contributed by atoms with E-state index in [1.807, 2.05) is 0 Å². The summed E-state index contributed by atoms with van der Waals surface area (Å²) >= 11 is 3.33. The van der Waals surface area contributed by atoms with Gasteiger partial charge in [-0.15, -0.1) is 0 Å². The highest BCUT2D eigenvalue weighted by Crippen LogP contribution is 2.24. The standard InChI is InChI=1S/C16H17BrN2O4S/c1-19(2)24(21,22)13-7-4-11(5-8-13)18-16(20)14-10-12(23-3)6-9-15(14)17/h4-10H,1-3H3,(H,18,20). The molecule has 0 saturated heterocycles. The van der Waals surface area contributed by atoms with Crippen molar-refractivity contribution in [3.05, 3.63) is 52.5 Å². The maximum absolute atomic E-state index is 12.4. The van der Waals surface area contributed by atoms with Crippen molar-refractivity contribution in [2.75, 3.05) is 26.5 Å². The third kappa shape index (κ3) is 3.95. The summed E-state index contributed by atoms with van der Waals surface area (Å²) in [5, 5.41) is 2.73. The maximum Gasteiger partial charge on any atom is 0.256 e. The topological polar surface area (TPSA) is 75.7 Å².